The van der Waals surface area contributed by atoms with Gasteiger partial charge in [-0.15, -0.1) is 0 Å². The second-order valence-corrected chi connectivity index (χ2v) is 8.20. The van der Waals surface area contributed by atoms with Gasteiger partial charge in [-0.3, -0.25) is 14.5 Å². The summed E-state index contributed by atoms with van der Waals surface area (Å²) in [6, 6.07) is 15.6. The molecule has 3 rings (SSSR count). The van der Waals surface area contributed by atoms with E-state index in [0.717, 1.165) is 42.7 Å². The molecule has 0 aromatic heterocycles. The molecule has 160 valence electrons. The first-order chi connectivity index (χ1) is 14.4. The maximum atomic E-state index is 12.3. The van der Waals surface area contributed by atoms with E-state index in [1.165, 1.54) is 0 Å². The molecule has 1 saturated heterocycles. The molecule has 2 aromatic rings. The fourth-order valence-corrected chi connectivity index (χ4v) is 3.77. The Bertz CT molecular complexity index is 847. The van der Waals surface area contributed by atoms with E-state index in [-0.39, 0.29) is 12.6 Å². The molecule has 0 bridgehead atoms. The molecule has 0 unspecified atom stereocenters. The first kappa shape index (κ1) is 22.1. The van der Waals surface area contributed by atoms with E-state index in [4.69, 9.17) is 11.6 Å². The van der Waals surface area contributed by atoms with E-state index in [1.807, 2.05) is 26.2 Å². The van der Waals surface area contributed by atoms with Crippen molar-refractivity contribution in [3.8, 4) is 0 Å². The second kappa shape index (κ2) is 10.5. The van der Waals surface area contributed by atoms with E-state index in [0.29, 0.717) is 11.6 Å². The normalized spacial score (nSPS) is 14.9. The quantitative estimate of drug-likeness (QED) is 0.665. The fraction of sp³-hybridized carbons (Fsp3) is 0.391. The third-order valence-electron chi connectivity index (χ3n) is 5.40. The predicted molar refractivity (Wildman–Crippen MR) is 121 cm³/mol. The van der Waals surface area contributed by atoms with Crippen LogP contribution in [0.5, 0.6) is 0 Å². The van der Waals surface area contributed by atoms with Crippen LogP contribution in [0.25, 0.3) is 0 Å². The number of carbonyl (C=O) groups excluding carboxylic acids is 2. The van der Waals surface area contributed by atoms with Gasteiger partial charge in [-0.25, -0.2) is 0 Å². The second-order valence-electron chi connectivity index (χ2n) is 7.76. The van der Waals surface area contributed by atoms with Crippen LogP contribution in [0.2, 0.25) is 5.02 Å². The van der Waals surface area contributed by atoms with Gasteiger partial charge in [0.15, 0.2) is 0 Å². The van der Waals surface area contributed by atoms with Gasteiger partial charge in [0.2, 0.25) is 0 Å². The number of anilines is 1. The number of nitrogens with one attached hydrogen (secondary N) is 2. The molecule has 2 aromatic carbocycles. The highest BCUT2D eigenvalue weighted by Gasteiger charge is 2.25. The van der Waals surface area contributed by atoms with Gasteiger partial charge in [-0.1, -0.05) is 35.9 Å². The average molecular weight is 429 g/mol. The van der Waals surface area contributed by atoms with Crippen molar-refractivity contribution in [3.63, 3.8) is 0 Å². The number of hydrogen-bond donors (Lipinski definition) is 2. The van der Waals surface area contributed by atoms with Crippen LogP contribution < -0.4 is 15.5 Å². The SMILES string of the molecule is CN(C)c1ccc([C@@H](CNC(=O)C(=O)NCc2ccc(Cl)cc2)N2CCCC2)cc1. The lowest BCUT2D eigenvalue weighted by Gasteiger charge is -2.28. The maximum Gasteiger partial charge on any atom is 0.309 e. The highest BCUT2D eigenvalue weighted by molar-refractivity contribution is 6.35. The molecule has 1 aliphatic rings. The monoisotopic (exact) mass is 428 g/mol. The summed E-state index contributed by atoms with van der Waals surface area (Å²) in [7, 11) is 4.02. The molecule has 0 spiro atoms. The molecule has 0 saturated carbocycles. The lowest BCUT2D eigenvalue weighted by Crippen LogP contribution is -2.43. The third kappa shape index (κ3) is 5.97. The minimum absolute atomic E-state index is 0.0525. The number of carbonyl (C=O) groups is 2. The third-order valence-corrected chi connectivity index (χ3v) is 5.66. The van der Waals surface area contributed by atoms with Gasteiger partial charge in [0, 0.05) is 37.9 Å². The van der Waals surface area contributed by atoms with Crippen molar-refractivity contribution in [2.24, 2.45) is 0 Å². The van der Waals surface area contributed by atoms with Crippen LogP contribution in [0.3, 0.4) is 0 Å². The zero-order valence-corrected chi connectivity index (χ0v) is 18.3. The minimum Gasteiger partial charge on any atom is -0.378 e. The van der Waals surface area contributed by atoms with Crippen LogP contribution in [0.1, 0.15) is 30.0 Å². The van der Waals surface area contributed by atoms with Gasteiger partial charge >= 0.3 is 11.8 Å². The topological polar surface area (TPSA) is 64.7 Å². The van der Waals surface area contributed by atoms with Crippen molar-refractivity contribution < 1.29 is 9.59 Å². The zero-order chi connectivity index (χ0) is 21.5. The molecule has 1 fully saturated rings. The molecule has 2 amide bonds. The van der Waals surface area contributed by atoms with Crippen LogP contribution in [0, 0.1) is 0 Å². The van der Waals surface area contributed by atoms with E-state index < -0.39 is 11.8 Å². The summed E-state index contributed by atoms with van der Waals surface area (Å²) in [6.07, 6.45) is 2.31. The maximum absolute atomic E-state index is 12.3. The number of likely N-dealkylation sites (tertiary alicyclic amines) is 1. The van der Waals surface area contributed by atoms with Crippen molar-refractivity contribution in [1.29, 1.82) is 0 Å². The standard InChI is InChI=1S/C23H29ClN4O2/c1-27(2)20-11-7-18(8-12-20)21(28-13-3-4-14-28)16-26-23(30)22(29)25-15-17-5-9-19(24)10-6-17/h5-12,21H,3-4,13-16H2,1-2H3,(H,25,29)(H,26,30)/t21-/m1/s1. The molecule has 2 N–H and O–H groups in total. The van der Waals surface area contributed by atoms with Crippen molar-refractivity contribution in [2.75, 3.05) is 38.6 Å². The Hall–Kier alpha value is -2.57. The molecule has 1 aliphatic heterocycles. The summed E-state index contributed by atoms with van der Waals surface area (Å²) in [5.41, 5.74) is 3.16. The Morgan fingerprint density at radius 1 is 0.967 bits per heavy atom. The van der Waals surface area contributed by atoms with E-state index in [1.54, 1.807) is 12.1 Å². The largest absolute Gasteiger partial charge is 0.378 e. The van der Waals surface area contributed by atoms with Gasteiger partial charge in [0.1, 0.15) is 0 Å². The molecule has 0 aliphatic carbocycles. The molecule has 0 radical (unpaired) electrons. The summed E-state index contributed by atoms with van der Waals surface area (Å²) in [5.74, 6) is -1.24. The zero-order valence-electron chi connectivity index (χ0n) is 17.5. The van der Waals surface area contributed by atoms with Gasteiger partial charge in [-0.05, 0) is 61.3 Å². The van der Waals surface area contributed by atoms with Crippen LogP contribution >= 0.6 is 11.6 Å². The van der Waals surface area contributed by atoms with Gasteiger partial charge < -0.3 is 15.5 Å². The fourth-order valence-electron chi connectivity index (χ4n) is 3.64. The number of hydrogen-bond acceptors (Lipinski definition) is 4. The van der Waals surface area contributed by atoms with E-state index in [9.17, 15) is 9.59 Å². The Labute approximate surface area is 183 Å². The van der Waals surface area contributed by atoms with Crippen molar-refractivity contribution >= 4 is 29.1 Å². The lowest BCUT2D eigenvalue weighted by atomic mass is 10.0. The van der Waals surface area contributed by atoms with Crippen LogP contribution in [0.15, 0.2) is 48.5 Å². The summed E-state index contributed by atoms with van der Waals surface area (Å²) < 4.78 is 0. The van der Waals surface area contributed by atoms with Crippen molar-refractivity contribution in [2.45, 2.75) is 25.4 Å². The highest BCUT2D eigenvalue weighted by Crippen LogP contribution is 2.26. The van der Waals surface area contributed by atoms with Gasteiger partial charge in [-0.2, -0.15) is 0 Å². The minimum atomic E-state index is -0.631. The summed E-state index contributed by atoms with van der Waals surface area (Å²) in [4.78, 5) is 29.0. The molecule has 6 nitrogen and oxygen atoms in total. The summed E-state index contributed by atoms with van der Waals surface area (Å²) in [5, 5.41) is 6.11. The smallest absolute Gasteiger partial charge is 0.309 e. The van der Waals surface area contributed by atoms with Crippen LogP contribution in [-0.4, -0.2) is 50.4 Å². The summed E-state index contributed by atoms with van der Waals surface area (Å²) in [6.45, 7) is 2.68. The molecule has 1 heterocycles. The number of benzene rings is 2. The molecule has 30 heavy (non-hydrogen) atoms. The summed E-state index contributed by atoms with van der Waals surface area (Å²) >= 11 is 5.87. The Morgan fingerprint density at radius 3 is 2.17 bits per heavy atom. The van der Waals surface area contributed by atoms with E-state index >= 15 is 0 Å². The Balaban J connectivity index is 1.58. The Morgan fingerprint density at radius 2 is 1.57 bits per heavy atom. The van der Waals surface area contributed by atoms with Crippen LogP contribution in [-0.2, 0) is 16.1 Å². The van der Waals surface area contributed by atoms with Crippen molar-refractivity contribution in [3.05, 3.63) is 64.7 Å². The molecule has 1 atom stereocenters. The predicted octanol–water partition coefficient (Wildman–Crippen LogP) is 2.98. The molecule has 7 heteroatoms. The highest BCUT2D eigenvalue weighted by atomic mass is 35.5. The van der Waals surface area contributed by atoms with Crippen molar-refractivity contribution in [1.82, 2.24) is 15.5 Å². The first-order valence-electron chi connectivity index (χ1n) is 10.3. The first-order valence-corrected chi connectivity index (χ1v) is 10.6. The number of amides is 2. The van der Waals surface area contributed by atoms with Crippen LogP contribution in [0.4, 0.5) is 5.69 Å². The van der Waals surface area contributed by atoms with E-state index in [2.05, 4.69) is 44.7 Å². The lowest BCUT2D eigenvalue weighted by molar-refractivity contribution is -0.139. The number of halogens is 1. The van der Waals surface area contributed by atoms with Gasteiger partial charge in [0.25, 0.3) is 0 Å². The average Bonchev–Trinajstić information content (AvgIpc) is 3.28. The van der Waals surface area contributed by atoms with Gasteiger partial charge in [0.05, 0.1) is 6.04 Å². The molecular weight excluding hydrogens is 400 g/mol. The number of nitrogens with zero attached hydrogens (tertiary/aromatic N) is 2. The Kier molecular flexibility index (Phi) is 7.71. The molecular formula is C23H29ClN4O2. The number of rotatable bonds is 7.